The fraction of sp³-hybridized carbons (Fsp3) is 0.562. The van der Waals surface area contributed by atoms with Gasteiger partial charge >= 0.3 is 6.16 Å². The predicted molar refractivity (Wildman–Crippen MR) is 156 cm³/mol. The Morgan fingerprint density at radius 1 is 1.07 bits per heavy atom. The third kappa shape index (κ3) is 6.08. The third-order valence-corrected chi connectivity index (χ3v) is 8.26. The van der Waals surface area contributed by atoms with Crippen LogP contribution in [0.3, 0.4) is 0 Å². The lowest BCUT2D eigenvalue weighted by Gasteiger charge is -2.44. The Kier molecular flexibility index (Phi) is 8.70. The zero-order valence-electron chi connectivity index (χ0n) is 25.2. The van der Waals surface area contributed by atoms with Crippen LogP contribution >= 0.6 is 0 Å². The molecule has 1 amide bonds. The summed E-state index contributed by atoms with van der Waals surface area (Å²) in [6, 6.07) is 7.22. The van der Waals surface area contributed by atoms with Crippen LogP contribution in [0.15, 0.2) is 30.5 Å². The van der Waals surface area contributed by atoms with Crippen molar-refractivity contribution in [3.8, 4) is 5.75 Å². The van der Waals surface area contributed by atoms with Crippen LogP contribution in [0.2, 0.25) is 0 Å². The molecular weight excluding hydrogens is 539 g/mol. The van der Waals surface area contributed by atoms with Gasteiger partial charge in [0.1, 0.15) is 17.4 Å². The topological polar surface area (TPSA) is 95.8 Å². The highest BCUT2D eigenvalue weighted by Gasteiger charge is 2.44. The Morgan fingerprint density at radius 3 is 2.55 bits per heavy atom. The van der Waals surface area contributed by atoms with Crippen LogP contribution in [-0.2, 0) is 21.7 Å². The number of hydrogen-bond acceptors (Lipinski definition) is 7. The predicted octanol–water partition coefficient (Wildman–Crippen LogP) is 7.08. The number of pyridine rings is 1. The maximum atomic E-state index is 14.6. The van der Waals surface area contributed by atoms with Gasteiger partial charge in [-0.2, -0.15) is 0 Å². The first-order valence-electron chi connectivity index (χ1n) is 15.0. The van der Waals surface area contributed by atoms with E-state index in [4.69, 9.17) is 19.2 Å². The largest absolute Gasteiger partial charge is 0.510 e. The first kappa shape index (κ1) is 29.8. The van der Waals surface area contributed by atoms with Crippen LogP contribution in [0.4, 0.5) is 9.18 Å². The summed E-state index contributed by atoms with van der Waals surface area (Å²) < 4.78 is 32.6. The van der Waals surface area contributed by atoms with E-state index in [1.54, 1.807) is 18.4 Å². The standard InChI is InChI=1S/C32H41FN4O5/c1-20(2)41-24-12-13-25(22-10-6-7-11-22)26(17-24)29(38)37-15-9-8-14-32(37,5)30-35-28-27(16-23(33)18-34-28)36(30)19-40-31(39)42-21(3)4/h12-13,16-18,20-22H,6-11,14-15,19H2,1-5H3/t32-/m0/s1. The van der Waals surface area contributed by atoms with Crippen molar-refractivity contribution < 1.29 is 28.2 Å². The Bertz CT molecular complexity index is 1450. The van der Waals surface area contributed by atoms with E-state index >= 15 is 0 Å². The van der Waals surface area contributed by atoms with Crippen molar-refractivity contribution in [3.63, 3.8) is 0 Å². The van der Waals surface area contributed by atoms with Gasteiger partial charge < -0.3 is 19.1 Å². The second-order valence-electron chi connectivity index (χ2n) is 12.1. The lowest BCUT2D eigenvalue weighted by molar-refractivity contribution is 0.00884. The highest BCUT2D eigenvalue weighted by atomic mass is 19.1. The molecule has 9 nitrogen and oxygen atoms in total. The summed E-state index contributed by atoms with van der Waals surface area (Å²) in [4.78, 5) is 37.8. The number of benzene rings is 1. The first-order chi connectivity index (χ1) is 20.1. The molecule has 1 aliphatic heterocycles. The maximum absolute atomic E-state index is 14.6. The van der Waals surface area contributed by atoms with Gasteiger partial charge in [0.05, 0.1) is 29.5 Å². The normalized spacial score (nSPS) is 19.6. The summed E-state index contributed by atoms with van der Waals surface area (Å²) in [5, 5.41) is 0. The Morgan fingerprint density at radius 2 is 1.83 bits per heavy atom. The second kappa shape index (κ2) is 12.3. The second-order valence-corrected chi connectivity index (χ2v) is 12.1. The van der Waals surface area contributed by atoms with Crippen molar-refractivity contribution in [2.75, 3.05) is 6.54 Å². The minimum Gasteiger partial charge on any atom is -0.491 e. The monoisotopic (exact) mass is 580 g/mol. The summed E-state index contributed by atoms with van der Waals surface area (Å²) in [7, 11) is 0. The third-order valence-electron chi connectivity index (χ3n) is 8.26. The molecule has 2 aliphatic rings. The molecule has 2 aromatic heterocycles. The van der Waals surface area contributed by atoms with Gasteiger partial charge in [-0.1, -0.05) is 18.9 Å². The van der Waals surface area contributed by atoms with Crippen molar-refractivity contribution >= 4 is 23.2 Å². The number of nitrogens with zero attached hydrogens (tertiary/aromatic N) is 4. The highest BCUT2D eigenvalue weighted by Crippen LogP contribution is 2.42. The molecule has 1 saturated carbocycles. The highest BCUT2D eigenvalue weighted by molar-refractivity contribution is 5.97. The molecule has 1 aliphatic carbocycles. The van der Waals surface area contributed by atoms with Crippen LogP contribution in [0.25, 0.3) is 11.2 Å². The number of imidazole rings is 1. The first-order valence-corrected chi connectivity index (χ1v) is 15.0. The number of carbonyl (C=O) groups is 2. The van der Waals surface area contributed by atoms with E-state index < -0.39 is 17.5 Å². The molecule has 0 spiro atoms. The SMILES string of the molecule is CC(C)OC(=O)OCn1c([C@]2(C)CCCCN2C(=O)c2cc(OC(C)C)ccc2C2CCCC2)nc2ncc(F)cc21. The van der Waals surface area contributed by atoms with Gasteiger partial charge in [-0.25, -0.2) is 19.2 Å². The molecule has 1 aromatic carbocycles. The lowest BCUT2D eigenvalue weighted by atomic mass is 9.85. The zero-order valence-corrected chi connectivity index (χ0v) is 25.2. The van der Waals surface area contributed by atoms with Gasteiger partial charge in [0.2, 0.25) is 0 Å². The Balaban J connectivity index is 1.58. The quantitative estimate of drug-likeness (QED) is 0.263. The number of rotatable bonds is 8. The van der Waals surface area contributed by atoms with Gasteiger partial charge in [0, 0.05) is 18.2 Å². The van der Waals surface area contributed by atoms with Crippen molar-refractivity contribution in [1.82, 2.24) is 19.4 Å². The van der Waals surface area contributed by atoms with Gasteiger partial charge in [-0.05, 0) is 90.3 Å². The summed E-state index contributed by atoms with van der Waals surface area (Å²) in [5.41, 5.74) is 1.51. The molecule has 0 N–H and O–H groups in total. The number of carbonyl (C=O) groups excluding carboxylic acids is 2. The van der Waals surface area contributed by atoms with E-state index in [0.29, 0.717) is 47.2 Å². The van der Waals surface area contributed by atoms with E-state index in [1.165, 1.54) is 6.07 Å². The summed E-state index contributed by atoms with van der Waals surface area (Å²) in [5.74, 6) is 0.844. The number of ether oxygens (including phenoxy) is 3. The molecule has 0 bridgehead atoms. The fourth-order valence-electron chi connectivity index (χ4n) is 6.35. The van der Waals surface area contributed by atoms with E-state index in [2.05, 4.69) is 11.1 Å². The van der Waals surface area contributed by atoms with Gasteiger partial charge in [0.15, 0.2) is 12.4 Å². The number of likely N-dealkylation sites (tertiary alicyclic amines) is 1. The van der Waals surface area contributed by atoms with E-state index in [9.17, 15) is 14.0 Å². The Labute approximate surface area is 246 Å². The fourth-order valence-corrected chi connectivity index (χ4v) is 6.35. The van der Waals surface area contributed by atoms with Gasteiger partial charge in [-0.15, -0.1) is 0 Å². The van der Waals surface area contributed by atoms with E-state index in [1.807, 2.05) is 37.8 Å². The van der Waals surface area contributed by atoms with Crippen LogP contribution < -0.4 is 4.74 Å². The van der Waals surface area contributed by atoms with Crippen molar-refractivity contribution in [2.24, 2.45) is 0 Å². The smallest absolute Gasteiger partial charge is 0.491 e. The number of hydrogen-bond donors (Lipinski definition) is 0. The Hall–Kier alpha value is -3.69. The molecule has 3 heterocycles. The minimum atomic E-state index is -0.875. The van der Waals surface area contributed by atoms with Crippen LogP contribution in [0.1, 0.15) is 107 Å². The zero-order chi connectivity index (χ0) is 30.0. The number of amides is 1. The van der Waals surface area contributed by atoms with Crippen LogP contribution in [0.5, 0.6) is 5.75 Å². The van der Waals surface area contributed by atoms with E-state index in [-0.39, 0.29) is 24.8 Å². The number of aromatic nitrogens is 3. The number of piperidine rings is 1. The molecule has 2 fully saturated rings. The van der Waals surface area contributed by atoms with Crippen LogP contribution in [0, 0.1) is 5.82 Å². The van der Waals surface area contributed by atoms with E-state index in [0.717, 1.165) is 50.3 Å². The average molecular weight is 581 g/mol. The molecule has 42 heavy (non-hydrogen) atoms. The summed E-state index contributed by atoms with van der Waals surface area (Å²) >= 11 is 0. The molecule has 10 heteroatoms. The molecule has 1 saturated heterocycles. The molecular formula is C32H41FN4O5. The maximum Gasteiger partial charge on any atom is 0.510 e. The van der Waals surface area contributed by atoms with Crippen molar-refractivity contribution in [1.29, 1.82) is 0 Å². The summed E-state index contributed by atoms with van der Waals surface area (Å²) in [6.45, 7) is 9.64. The van der Waals surface area contributed by atoms with Crippen molar-refractivity contribution in [3.05, 3.63) is 53.2 Å². The molecule has 0 unspecified atom stereocenters. The lowest BCUT2D eigenvalue weighted by Crippen LogP contribution is -2.52. The number of fused-ring (bicyclic) bond motifs is 1. The molecule has 226 valence electrons. The molecule has 0 radical (unpaired) electrons. The molecule has 3 aromatic rings. The van der Waals surface area contributed by atoms with Gasteiger partial charge in [-0.3, -0.25) is 9.36 Å². The molecule has 1 atom stereocenters. The van der Waals surface area contributed by atoms with Gasteiger partial charge in [0.25, 0.3) is 5.91 Å². The summed E-state index contributed by atoms with van der Waals surface area (Å²) in [6.07, 6.45) is 6.63. The molecule has 5 rings (SSSR count). The minimum absolute atomic E-state index is 0.0271. The average Bonchev–Trinajstić information content (AvgIpc) is 3.60. The van der Waals surface area contributed by atoms with Crippen molar-refractivity contribution in [2.45, 2.75) is 110 Å². The van der Waals surface area contributed by atoms with Crippen LogP contribution in [-0.4, -0.2) is 50.3 Å². The number of halogens is 1.